The second kappa shape index (κ2) is 7.14. The van der Waals surface area contributed by atoms with Gasteiger partial charge in [0.25, 0.3) is 0 Å². The van der Waals surface area contributed by atoms with Crippen LogP contribution in [0.25, 0.3) is 0 Å². The molecule has 0 aliphatic carbocycles. The summed E-state index contributed by atoms with van der Waals surface area (Å²) in [5.74, 6) is 2.64. The molecule has 3 nitrogen and oxygen atoms in total. The number of ether oxygens (including phenoxy) is 3. The van der Waals surface area contributed by atoms with E-state index in [1.165, 1.54) is 18.4 Å². The predicted octanol–water partition coefficient (Wildman–Crippen LogP) is 4.01. The van der Waals surface area contributed by atoms with Crippen molar-refractivity contribution in [3.8, 4) is 17.2 Å². The minimum atomic E-state index is 0.458. The van der Waals surface area contributed by atoms with Crippen molar-refractivity contribution >= 4 is 0 Å². The van der Waals surface area contributed by atoms with Gasteiger partial charge in [-0.05, 0) is 18.4 Å². The lowest BCUT2D eigenvalue weighted by atomic mass is 9.94. The lowest BCUT2D eigenvalue weighted by molar-refractivity contribution is 0.320. The first-order valence-corrected chi connectivity index (χ1v) is 6.48. The van der Waals surface area contributed by atoms with Crippen LogP contribution in [0.2, 0.25) is 0 Å². The van der Waals surface area contributed by atoms with E-state index in [4.69, 9.17) is 14.2 Å². The van der Waals surface area contributed by atoms with Crippen LogP contribution in [0.5, 0.6) is 17.2 Å². The average Bonchev–Trinajstić information content (AvgIpc) is 2.42. The second-order valence-electron chi connectivity index (χ2n) is 4.47. The minimum absolute atomic E-state index is 0.458. The van der Waals surface area contributed by atoms with Crippen molar-refractivity contribution < 1.29 is 14.2 Å². The maximum absolute atomic E-state index is 5.51. The van der Waals surface area contributed by atoms with Gasteiger partial charge >= 0.3 is 0 Å². The fraction of sp³-hybridized carbons (Fsp3) is 0.600. The molecule has 3 heteroatoms. The number of hydrogen-bond acceptors (Lipinski definition) is 3. The maximum atomic E-state index is 5.51. The monoisotopic (exact) mass is 252 g/mol. The quantitative estimate of drug-likeness (QED) is 0.734. The summed E-state index contributed by atoms with van der Waals surface area (Å²) < 4.78 is 16.2. The van der Waals surface area contributed by atoms with Gasteiger partial charge in [0.05, 0.1) is 21.3 Å². The van der Waals surface area contributed by atoms with Gasteiger partial charge in [0, 0.05) is 5.56 Å². The molecule has 102 valence electrons. The Morgan fingerprint density at radius 1 is 1.00 bits per heavy atom. The summed E-state index contributed by atoms with van der Waals surface area (Å²) in [6, 6.07) is 4.01. The summed E-state index contributed by atoms with van der Waals surface area (Å²) in [5.41, 5.74) is 1.18. The maximum Gasteiger partial charge on any atom is 0.203 e. The van der Waals surface area contributed by atoms with Gasteiger partial charge in [0.1, 0.15) is 0 Å². The zero-order valence-electron chi connectivity index (χ0n) is 12.1. The molecule has 0 spiro atoms. The molecule has 18 heavy (non-hydrogen) atoms. The van der Waals surface area contributed by atoms with Crippen LogP contribution in [0.1, 0.15) is 44.6 Å². The second-order valence-corrected chi connectivity index (χ2v) is 4.47. The zero-order chi connectivity index (χ0) is 13.5. The highest BCUT2D eigenvalue weighted by Crippen LogP contribution is 2.43. The van der Waals surface area contributed by atoms with E-state index >= 15 is 0 Å². The molecular formula is C15H24O3. The van der Waals surface area contributed by atoms with Gasteiger partial charge in [-0.2, -0.15) is 0 Å². The summed E-state index contributed by atoms with van der Waals surface area (Å²) in [7, 11) is 4.95. The van der Waals surface area contributed by atoms with E-state index in [0.29, 0.717) is 17.4 Å². The topological polar surface area (TPSA) is 27.7 Å². The first-order chi connectivity index (χ1) is 8.69. The number of hydrogen-bond donors (Lipinski definition) is 0. The largest absolute Gasteiger partial charge is 0.493 e. The molecule has 0 bridgehead atoms. The van der Waals surface area contributed by atoms with Crippen LogP contribution >= 0.6 is 0 Å². The van der Waals surface area contributed by atoms with Crippen LogP contribution in [0.15, 0.2) is 12.1 Å². The summed E-state index contributed by atoms with van der Waals surface area (Å²) in [4.78, 5) is 0. The molecular weight excluding hydrogens is 228 g/mol. The van der Waals surface area contributed by atoms with E-state index in [0.717, 1.165) is 12.2 Å². The number of methoxy groups -OCH3 is 3. The number of unbranched alkanes of at least 4 members (excludes halogenated alkanes) is 1. The van der Waals surface area contributed by atoms with Crippen molar-refractivity contribution in [2.24, 2.45) is 0 Å². The van der Waals surface area contributed by atoms with Crippen molar-refractivity contribution in [1.29, 1.82) is 0 Å². The number of rotatable bonds is 7. The SMILES string of the molecule is CCCCC(C)c1ccc(OC)c(OC)c1OC. The molecule has 1 unspecified atom stereocenters. The molecule has 0 saturated carbocycles. The molecule has 0 amide bonds. The molecule has 1 atom stereocenters. The van der Waals surface area contributed by atoms with Gasteiger partial charge < -0.3 is 14.2 Å². The fourth-order valence-electron chi connectivity index (χ4n) is 2.18. The van der Waals surface area contributed by atoms with E-state index in [9.17, 15) is 0 Å². The van der Waals surface area contributed by atoms with Crippen LogP contribution in [-0.4, -0.2) is 21.3 Å². The van der Waals surface area contributed by atoms with Crippen molar-refractivity contribution in [3.63, 3.8) is 0 Å². The van der Waals surface area contributed by atoms with E-state index in [1.54, 1.807) is 21.3 Å². The predicted molar refractivity (Wildman–Crippen MR) is 74.0 cm³/mol. The van der Waals surface area contributed by atoms with Gasteiger partial charge in [-0.3, -0.25) is 0 Å². The van der Waals surface area contributed by atoms with Crippen LogP contribution < -0.4 is 14.2 Å². The van der Waals surface area contributed by atoms with Crippen LogP contribution in [0.4, 0.5) is 0 Å². The molecule has 0 radical (unpaired) electrons. The average molecular weight is 252 g/mol. The Labute approximate surface area is 110 Å². The Bertz CT molecular complexity index is 374. The van der Waals surface area contributed by atoms with E-state index in [-0.39, 0.29) is 0 Å². The van der Waals surface area contributed by atoms with Crippen molar-refractivity contribution in [2.45, 2.75) is 39.0 Å². The van der Waals surface area contributed by atoms with Gasteiger partial charge in [-0.25, -0.2) is 0 Å². The molecule has 0 aliphatic rings. The molecule has 0 saturated heterocycles. The fourth-order valence-corrected chi connectivity index (χ4v) is 2.18. The Hall–Kier alpha value is -1.38. The third kappa shape index (κ3) is 3.09. The summed E-state index contributed by atoms with van der Waals surface area (Å²) in [6.07, 6.45) is 3.58. The molecule has 1 aromatic rings. The lowest BCUT2D eigenvalue weighted by Gasteiger charge is -2.19. The van der Waals surface area contributed by atoms with Crippen LogP contribution in [-0.2, 0) is 0 Å². The Balaban J connectivity index is 3.11. The zero-order valence-corrected chi connectivity index (χ0v) is 12.1. The molecule has 0 fully saturated rings. The van der Waals surface area contributed by atoms with Crippen molar-refractivity contribution in [3.05, 3.63) is 17.7 Å². The van der Waals surface area contributed by atoms with Crippen molar-refractivity contribution in [1.82, 2.24) is 0 Å². The third-order valence-corrected chi connectivity index (χ3v) is 3.26. The summed E-state index contributed by atoms with van der Waals surface area (Å²) in [6.45, 7) is 4.43. The Kier molecular flexibility index (Phi) is 5.83. The van der Waals surface area contributed by atoms with E-state index in [2.05, 4.69) is 19.9 Å². The highest BCUT2D eigenvalue weighted by atomic mass is 16.5. The Morgan fingerprint density at radius 2 is 1.67 bits per heavy atom. The van der Waals surface area contributed by atoms with E-state index in [1.807, 2.05) is 6.07 Å². The summed E-state index contributed by atoms with van der Waals surface area (Å²) >= 11 is 0. The first kappa shape index (κ1) is 14.7. The van der Waals surface area contributed by atoms with Crippen LogP contribution in [0.3, 0.4) is 0 Å². The Morgan fingerprint density at radius 3 is 2.17 bits per heavy atom. The van der Waals surface area contributed by atoms with Gasteiger partial charge in [0.15, 0.2) is 11.5 Å². The van der Waals surface area contributed by atoms with Gasteiger partial charge in [-0.15, -0.1) is 0 Å². The molecule has 0 N–H and O–H groups in total. The van der Waals surface area contributed by atoms with Crippen molar-refractivity contribution in [2.75, 3.05) is 21.3 Å². The van der Waals surface area contributed by atoms with E-state index < -0.39 is 0 Å². The standard InChI is InChI=1S/C15H24O3/c1-6-7-8-11(2)12-9-10-13(16-3)15(18-5)14(12)17-4/h9-11H,6-8H2,1-5H3. The molecule has 0 heterocycles. The lowest BCUT2D eigenvalue weighted by Crippen LogP contribution is -2.02. The highest BCUT2D eigenvalue weighted by molar-refractivity contribution is 5.56. The third-order valence-electron chi connectivity index (χ3n) is 3.26. The van der Waals surface area contributed by atoms with Gasteiger partial charge in [-0.1, -0.05) is 32.8 Å². The number of benzene rings is 1. The molecule has 1 rings (SSSR count). The smallest absolute Gasteiger partial charge is 0.203 e. The van der Waals surface area contributed by atoms with Gasteiger partial charge in [0.2, 0.25) is 5.75 Å². The minimum Gasteiger partial charge on any atom is -0.493 e. The summed E-state index contributed by atoms with van der Waals surface area (Å²) in [5, 5.41) is 0. The normalized spacial score (nSPS) is 12.1. The highest BCUT2D eigenvalue weighted by Gasteiger charge is 2.19. The molecule has 0 aromatic heterocycles. The molecule has 0 aliphatic heterocycles. The molecule has 1 aromatic carbocycles. The first-order valence-electron chi connectivity index (χ1n) is 6.48. The van der Waals surface area contributed by atoms with Crippen LogP contribution in [0, 0.1) is 0 Å².